The molecule has 0 bridgehead atoms. The smallest absolute Gasteiger partial charge is 0.122 e. The first-order valence-electron chi connectivity index (χ1n) is 7.65. The number of likely N-dealkylation sites (tertiary alicyclic amines) is 1. The molecule has 1 N–H and O–H groups in total. The molecule has 0 aromatic heterocycles. The van der Waals surface area contributed by atoms with Crippen LogP contribution in [0, 0.1) is 19.8 Å². The summed E-state index contributed by atoms with van der Waals surface area (Å²) in [4.78, 5) is 2.35. The van der Waals surface area contributed by atoms with Gasteiger partial charge in [0.2, 0.25) is 0 Å². The van der Waals surface area contributed by atoms with Crippen molar-refractivity contribution in [2.45, 2.75) is 39.7 Å². The Morgan fingerprint density at radius 1 is 1.40 bits per heavy atom. The maximum Gasteiger partial charge on any atom is 0.122 e. The second-order valence-corrected chi connectivity index (χ2v) is 6.24. The summed E-state index contributed by atoms with van der Waals surface area (Å²) < 4.78 is 5.75. The van der Waals surface area contributed by atoms with Crippen LogP contribution in [0.5, 0.6) is 5.75 Å². The molecule has 1 saturated heterocycles. The highest BCUT2D eigenvalue weighted by molar-refractivity contribution is 5.35. The minimum absolute atomic E-state index is 0.370. The Balaban J connectivity index is 1.78. The van der Waals surface area contributed by atoms with Gasteiger partial charge in [0, 0.05) is 13.1 Å². The first kappa shape index (κ1) is 15.3. The van der Waals surface area contributed by atoms with Gasteiger partial charge in [-0.3, -0.25) is 0 Å². The second kappa shape index (κ2) is 7.09. The number of aliphatic hydroxyl groups excluding tert-OH is 1. The number of benzene rings is 1. The summed E-state index contributed by atoms with van der Waals surface area (Å²) >= 11 is 0. The predicted octanol–water partition coefficient (Wildman–Crippen LogP) is 2.78. The largest absolute Gasteiger partial charge is 0.491 e. The molecule has 0 amide bonds. The third kappa shape index (κ3) is 4.50. The van der Waals surface area contributed by atoms with Crippen LogP contribution in [0.2, 0.25) is 0 Å². The number of hydrogen-bond donors (Lipinski definition) is 1. The normalized spacial score (nSPS) is 21.7. The average molecular weight is 277 g/mol. The lowest BCUT2D eigenvalue weighted by Crippen LogP contribution is -2.41. The number of aryl methyl sites for hydroxylation is 2. The topological polar surface area (TPSA) is 32.7 Å². The highest BCUT2D eigenvalue weighted by Crippen LogP contribution is 2.19. The van der Waals surface area contributed by atoms with Crippen molar-refractivity contribution < 1.29 is 9.84 Å². The number of hydrogen-bond acceptors (Lipinski definition) is 3. The van der Waals surface area contributed by atoms with Gasteiger partial charge < -0.3 is 14.7 Å². The molecule has 0 spiro atoms. The molecule has 0 radical (unpaired) electrons. The number of ether oxygens (including phenoxy) is 1. The van der Waals surface area contributed by atoms with Gasteiger partial charge >= 0.3 is 0 Å². The highest BCUT2D eigenvalue weighted by Gasteiger charge is 2.19. The molecule has 20 heavy (non-hydrogen) atoms. The SMILES string of the molecule is Cc1ccc(OC[C@@H](O)CN2CCC[C@@H](C)C2)c(C)c1. The van der Waals surface area contributed by atoms with Gasteiger partial charge in [0.25, 0.3) is 0 Å². The number of β-amino-alcohol motifs (C(OH)–C–C–N with tert-alkyl or cyclic N) is 1. The zero-order valence-corrected chi connectivity index (χ0v) is 12.9. The first-order valence-corrected chi connectivity index (χ1v) is 7.65. The van der Waals surface area contributed by atoms with E-state index in [1.165, 1.54) is 18.4 Å². The summed E-state index contributed by atoms with van der Waals surface area (Å²) in [6.07, 6.45) is 2.14. The van der Waals surface area contributed by atoms with E-state index in [0.29, 0.717) is 6.61 Å². The predicted molar refractivity (Wildman–Crippen MR) is 82.3 cm³/mol. The van der Waals surface area contributed by atoms with Crippen molar-refractivity contribution in [2.24, 2.45) is 5.92 Å². The summed E-state index contributed by atoms with van der Waals surface area (Å²) in [6.45, 7) is 9.69. The van der Waals surface area contributed by atoms with Crippen LogP contribution in [-0.4, -0.2) is 42.4 Å². The minimum atomic E-state index is -0.416. The molecule has 0 aliphatic carbocycles. The molecule has 0 unspecified atom stereocenters. The minimum Gasteiger partial charge on any atom is -0.491 e. The van der Waals surface area contributed by atoms with E-state index in [4.69, 9.17) is 4.74 Å². The van der Waals surface area contributed by atoms with E-state index in [9.17, 15) is 5.11 Å². The lowest BCUT2D eigenvalue weighted by Gasteiger charge is -2.32. The first-order chi connectivity index (χ1) is 9.54. The molecular formula is C17H27NO2. The van der Waals surface area contributed by atoms with Gasteiger partial charge in [0.15, 0.2) is 0 Å². The van der Waals surface area contributed by atoms with Crippen molar-refractivity contribution in [2.75, 3.05) is 26.2 Å². The number of aliphatic hydroxyl groups is 1. The summed E-state index contributed by atoms with van der Waals surface area (Å²) in [5.74, 6) is 1.62. The zero-order valence-electron chi connectivity index (χ0n) is 12.9. The van der Waals surface area contributed by atoms with Gasteiger partial charge in [0.1, 0.15) is 18.5 Å². The molecule has 0 saturated carbocycles. The maximum absolute atomic E-state index is 10.1. The fourth-order valence-corrected chi connectivity index (χ4v) is 2.95. The highest BCUT2D eigenvalue weighted by atomic mass is 16.5. The quantitative estimate of drug-likeness (QED) is 0.898. The standard InChI is InChI=1S/C17H27NO2/c1-13-6-7-17(15(3)9-13)20-12-16(19)11-18-8-4-5-14(2)10-18/h6-7,9,14,16,19H,4-5,8,10-12H2,1-3H3/t14-,16+/m1/s1. The van der Waals surface area contributed by atoms with Crippen LogP contribution >= 0.6 is 0 Å². The van der Waals surface area contributed by atoms with Gasteiger partial charge in [-0.05, 0) is 50.8 Å². The van der Waals surface area contributed by atoms with E-state index in [0.717, 1.165) is 36.9 Å². The Kier molecular flexibility index (Phi) is 5.44. The van der Waals surface area contributed by atoms with Crippen molar-refractivity contribution in [3.63, 3.8) is 0 Å². The molecule has 1 heterocycles. The van der Waals surface area contributed by atoms with E-state index in [-0.39, 0.29) is 0 Å². The molecule has 1 fully saturated rings. The molecule has 2 rings (SSSR count). The van der Waals surface area contributed by atoms with Crippen LogP contribution in [0.3, 0.4) is 0 Å². The molecule has 1 aromatic rings. The monoisotopic (exact) mass is 277 g/mol. The Labute approximate surface area is 122 Å². The van der Waals surface area contributed by atoms with Crippen molar-refractivity contribution in [3.05, 3.63) is 29.3 Å². The second-order valence-electron chi connectivity index (χ2n) is 6.24. The molecule has 1 aromatic carbocycles. The van der Waals surface area contributed by atoms with Crippen LogP contribution in [0.15, 0.2) is 18.2 Å². The Morgan fingerprint density at radius 2 is 2.20 bits per heavy atom. The number of piperidine rings is 1. The maximum atomic E-state index is 10.1. The molecule has 1 aliphatic heterocycles. The van der Waals surface area contributed by atoms with Crippen LogP contribution in [0.25, 0.3) is 0 Å². The van der Waals surface area contributed by atoms with Gasteiger partial charge in [-0.15, -0.1) is 0 Å². The van der Waals surface area contributed by atoms with Crippen LogP contribution < -0.4 is 4.74 Å². The van der Waals surface area contributed by atoms with E-state index >= 15 is 0 Å². The summed E-state index contributed by atoms with van der Waals surface area (Å²) in [7, 11) is 0. The van der Waals surface area contributed by atoms with Crippen molar-refractivity contribution in [3.8, 4) is 5.75 Å². The third-order valence-electron chi connectivity index (χ3n) is 3.97. The van der Waals surface area contributed by atoms with Gasteiger partial charge in [-0.2, -0.15) is 0 Å². The summed E-state index contributed by atoms with van der Waals surface area (Å²) in [6, 6.07) is 6.13. The van der Waals surface area contributed by atoms with Crippen LogP contribution in [-0.2, 0) is 0 Å². The van der Waals surface area contributed by atoms with E-state index in [1.54, 1.807) is 0 Å². The fraction of sp³-hybridized carbons (Fsp3) is 0.647. The average Bonchev–Trinajstić information content (AvgIpc) is 2.37. The van der Waals surface area contributed by atoms with Crippen molar-refractivity contribution in [1.29, 1.82) is 0 Å². The van der Waals surface area contributed by atoms with E-state index in [2.05, 4.69) is 24.8 Å². The van der Waals surface area contributed by atoms with Gasteiger partial charge in [-0.1, -0.05) is 24.6 Å². The molecule has 2 atom stereocenters. The number of rotatable bonds is 5. The lowest BCUT2D eigenvalue weighted by molar-refractivity contribution is 0.0535. The lowest BCUT2D eigenvalue weighted by atomic mass is 10.0. The van der Waals surface area contributed by atoms with E-state index < -0.39 is 6.10 Å². The van der Waals surface area contributed by atoms with Crippen LogP contribution in [0.4, 0.5) is 0 Å². The Bertz CT molecular complexity index is 433. The fourth-order valence-electron chi connectivity index (χ4n) is 2.95. The Morgan fingerprint density at radius 3 is 2.90 bits per heavy atom. The van der Waals surface area contributed by atoms with Crippen LogP contribution in [0.1, 0.15) is 30.9 Å². The molecular weight excluding hydrogens is 250 g/mol. The Hall–Kier alpha value is -1.06. The van der Waals surface area contributed by atoms with Gasteiger partial charge in [0.05, 0.1) is 0 Å². The molecule has 3 heteroatoms. The third-order valence-corrected chi connectivity index (χ3v) is 3.97. The number of nitrogens with zero attached hydrogens (tertiary/aromatic N) is 1. The summed E-state index contributed by atoms with van der Waals surface area (Å²) in [5, 5.41) is 10.1. The van der Waals surface area contributed by atoms with Crippen molar-refractivity contribution >= 4 is 0 Å². The van der Waals surface area contributed by atoms with Crippen molar-refractivity contribution in [1.82, 2.24) is 4.90 Å². The molecule has 1 aliphatic rings. The summed E-state index contributed by atoms with van der Waals surface area (Å²) in [5.41, 5.74) is 2.36. The van der Waals surface area contributed by atoms with Gasteiger partial charge in [-0.25, -0.2) is 0 Å². The molecule has 3 nitrogen and oxygen atoms in total. The molecule has 112 valence electrons. The zero-order chi connectivity index (χ0) is 14.5. The van der Waals surface area contributed by atoms with E-state index in [1.807, 2.05) is 19.1 Å².